The highest BCUT2D eigenvalue weighted by atomic mass is 16.7. The predicted molar refractivity (Wildman–Crippen MR) is 170 cm³/mol. The van der Waals surface area contributed by atoms with Gasteiger partial charge in [-0.2, -0.15) is 0 Å². The highest BCUT2D eigenvalue weighted by Crippen LogP contribution is 2.59. The van der Waals surface area contributed by atoms with Gasteiger partial charge in [-0.1, -0.05) is 84.8 Å². The highest BCUT2D eigenvalue weighted by molar-refractivity contribution is 5.63. The van der Waals surface area contributed by atoms with E-state index in [0.29, 0.717) is 6.61 Å². The third kappa shape index (κ3) is 9.06. The minimum absolute atomic E-state index is 0.0629. The fourth-order valence-corrected chi connectivity index (χ4v) is 8.40. The van der Waals surface area contributed by atoms with Crippen LogP contribution >= 0.6 is 0 Å². The van der Waals surface area contributed by atoms with E-state index in [4.69, 9.17) is 14.2 Å². The van der Waals surface area contributed by atoms with Gasteiger partial charge < -0.3 is 14.2 Å². The molecule has 0 amide bonds. The maximum Gasteiger partial charge on any atom is 0.513 e. The minimum atomic E-state index is -0.837. The van der Waals surface area contributed by atoms with Gasteiger partial charge in [0.2, 0.25) is 0 Å². The zero-order chi connectivity index (χ0) is 31.0. The molecule has 0 aromatic heterocycles. The van der Waals surface area contributed by atoms with E-state index in [0.717, 1.165) is 48.3 Å². The average Bonchev–Trinajstić information content (AvgIpc) is 2.96. The number of hydrogen-bond acceptors (Lipinski definition) is 6. The van der Waals surface area contributed by atoms with Gasteiger partial charge in [0, 0.05) is 12.1 Å². The lowest BCUT2D eigenvalue weighted by Crippen LogP contribution is -2.47. The van der Waals surface area contributed by atoms with Crippen LogP contribution in [0.25, 0.3) is 0 Å². The van der Waals surface area contributed by atoms with Gasteiger partial charge in [-0.25, -0.2) is 4.79 Å². The number of allylic oxidation sites excluding steroid dienone is 1. The molecule has 240 valence electrons. The molecule has 0 aliphatic heterocycles. The molecule has 0 heterocycles. The summed E-state index contributed by atoms with van der Waals surface area (Å²) in [6.45, 7) is 12.6. The maximum atomic E-state index is 12.0. The minimum Gasteiger partial charge on any atom is -0.432 e. The SMILES string of the molecule is CC(C)CCC[C@@H](C)CCCC1C2CC=C3C[C@@H](OCCOC(=O)Oc4ccc([N+](=O)[O-])cc4)CC[C@]3(C)C2CC[C@H]1C. The van der Waals surface area contributed by atoms with E-state index in [1.54, 1.807) is 5.57 Å². The van der Waals surface area contributed by atoms with Gasteiger partial charge in [0.25, 0.3) is 5.69 Å². The Hall–Kier alpha value is -2.41. The molecule has 7 nitrogen and oxygen atoms in total. The van der Waals surface area contributed by atoms with Crippen LogP contribution in [0.15, 0.2) is 35.9 Å². The molecule has 0 saturated heterocycles. The van der Waals surface area contributed by atoms with Crippen molar-refractivity contribution in [2.45, 2.75) is 118 Å². The molecule has 7 heteroatoms. The summed E-state index contributed by atoms with van der Waals surface area (Å²) >= 11 is 0. The lowest BCUT2D eigenvalue weighted by Gasteiger charge is -2.56. The summed E-state index contributed by atoms with van der Waals surface area (Å²) in [4.78, 5) is 22.3. The highest BCUT2D eigenvalue weighted by Gasteiger charge is 2.50. The molecule has 0 radical (unpaired) electrons. The Balaban J connectivity index is 1.21. The molecule has 1 aromatic rings. The first-order valence-corrected chi connectivity index (χ1v) is 17.0. The third-order valence-electron chi connectivity index (χ3n) is 11.0. The van der Waals surface area contributed by atoms with Crippen molar-refractivity contribution in [3.8, 4) is 5.75 Å². The van der Waals surface area contributed by atoms with E-state index in [9.17, 15) is 14.9 Å². The first-order valence-electron chi connectivity index (χ1n) is 17.0. The topological polar surface area (TPSA) is 87.9 Å². The quantitative estimate of drug-likeness (QED) is 0.0529. The Morgan fingerprint density at radius 3 is 2.51 bits per heavy atom. The van der Waals surface area contributed by atoms with Crippen LogP contribution in [0.2, 0.25) is 0 Å². The van der Waals surface area contributed by atoms with Crippen molar-refractivity contribution in [2.75, 3.05) is 13.2 Å². The number of rotatable bonds is 14. The normalized spacial score (nSPS) is 29.3. The maximum absolute atomic E-state index is 12.0. The van der Waals surface area contributed by atoms with Gasteiger partial charge in [0.1, 0.15) is 12.4 Å². The number of nitro groups is 1. The van der Waals surface area contributed by atoms with Crippen LogP contribution in [0, 0.1) is 51.0 Å². The van der Waals surface area contributed by atoms with Crippen molar-refractivity contribution in [3.05, 3.63) is 46.0 Å². The molecule has 0 spiro atoms. The molecule has 3 unspecified atom stereocenters. The van der Waals surface area contributed by atoms with Crippen molar-refractivity contribution in [3.63, 3.8) is 0 Å². The van der Waals surface area contributed by atoms with Gasteiger partial charge in [0.05, 0.1) is 17.6 Å². The van der Waals surface area contributed by atoms with E-state index in [1.807, 2.05) is 0 Å². The zero-order valence-corrected chi connectivity index (χ0v) is 27.2. The Bertz CT molecular complexity index is 1080. The first kappa shape index (κ1) is 33.5. The molecule has 3 aliphatic rings. The second-order valence-electron chi connectivity index (χ2n) is 14.4. The fraction of sp³-hybridized carbons (Fsp3) is 0.750. The van der Waals surface area contributed by atoms with E-state index >= 15 is 0 Å². The predicted octanol–water partition coefficient (Wildman–Crippen LogP) is 9.93. The first-order chi connectivity index (χ1) is 20.6. The van der Waals surface area contributed by atoms with E-state index in [2.05, 4.69) is 40.7 Å². The van der Waals surface area contributed by atoms with Crippen molar-refractivity contribution < 1.29 is 23.9 Å². The Kier molecular flexibility index (Phi) is 12.1. The van der Waals surface area contributed by atoms with Crippen LogP contribution in [-0.2, 0) is 9.47 Å². The molecule has 3 aliphatic carbocycles. The largest absolute Gasteiger partial charge is 0.513 e. The summed E-state index contributed by atoms with van der Waals surface area (Å²) < 4.78 is 16.4. The Labute approximate surface area is 259 Å². The van der Waals surface area contributed by atoms with Crippen LogP contribution in [0.3, 0.4) is 0 Å². The van der Waals surface area contributed by atoms with Gasteiger partial charge >= 0.3 is 6.16 Å². The van der Waals surface area contributed by atoms with Crippen LogP contribution in [0.1, 0.15) is 112 Å². The third-order valence-corrected chi connectivity index (χ3v) is 11.0. The summed E-state index contributed by atoms with van der Waals surface area (Å²) in [6.07, 6.45) is 17.3. The number of ether oxygens (including phenoxy) is 3. The molecule has 1 aromatic carbocycles. The standard InChI is InChI=1S/C36H55NO6/c1-25(2)8-6-9-26(3)10-7-11-32-27(4)12-19-34-33(32)18-13-28-24-31(20-21-36(28,34)5)41-22-23-42-35(38)43-30-16-14-29(15-17-30)37(39)40/h13-17,25-27,31-34H,6-12,18-24H2,1-5H3/t26-,27-,31+,32?,33?,34?,36+/m1/s1. The van der Waals surface area contributed by atoms with E-state index < -0.39 is 11.1 Å². The molecule has 4 rings (SSSR count). The number of benzene rings is 1. The summed E-state index contributed by atoms with van der Waals surface area (Å²) in [5.41, 5.74) is 1.82. The van der Waals surface area contributed by atoms with Gasteiger partial charge in [-0.15, -0.1) is 0 Å². The number of carbonyl (C=O) groups excluding carboxylic acids is 1. The van der Waals surface area contributed by atoms with Crippen LogP contribution in [0.5, 0.6) is 5.75 Å². The molecule has 0 bridgehead atoms. The van der Waals surface area contributed by atoms with Gasteiger partial charge in [0.15, 0.2) is 0 Å². The van der Waals surface area contributed by atoms with Crippen LogP contribution < -0.4 is 4.74 Å². The number of nitro benzene ring substituents is 1. The fourth-order valence-electron chi connectivity index (χ4n) is 8.40. The summed E-state index contributed by atoms with van der Waals surface area (Å²) in [5.74, 6) is 5.18. The van der Waals surface area contributed by atoms with E-state index in [-0.39, 0.29) is 29.6 Å². The summed E-state index contributed by atoms with van der Waals surface area (Å²) in [6, 6.07) is 5.33. The molecular weight excluding hydrogens is 542 g/mol. The van der Waals surface area contributed by atoms with Crippen molar-refractivity contribution in [1.29, 1.82) is 0 Å². The van der Waals surface area contributed by atoms with Crippen LogP contribution in [0.4, 0.5) is 10.5 Å². The molecule has 43 heavy (non-hydrogen) atoms. The number of carbonyl (C=O) groups is 1. The second-order valence-corrected chi connectivity index (χ2v) is 14.4. The lowest BCUT2D eigenvalue weighted by molar-refractivity contribution is -0.384. The van der Waals surface area contributed by atoms with Crippen molar-refractivity contribution in [1.82, 2.24) is 0 Å². The lowest BCUT2D eigenvalue weighted by atomic mass is 9.50. The molecule has 0 N–H and O–H groups in total. The van der Waals surface area contributed by atoms with Crippen molar-refractivity contribution >= 4 is 11.8 Å². The smallest absolute Gasteiger partial charge is 0.432 e. The van der Waals surface area contributed by atoms with E-state index in [1.165, 1.54) is 88.5 Å². The molecule has 2 fully saturated rings. The number of non-ortho nitro benzene ring substituents is 1. The molecular formula is C36H55NO6. The van der Waals surface area contributed by atoms with Crippen LogP contribution in [-0.4, -0.2) is 30.4 Å². The second kappa shape index (κ2) is 15.5. The Morgan fingerprint density at radius 2 is 1.79 bits per heavy atom. The van der Waals surface area contributed by atoms with Gasteiger partial charge in [-0.05, 0) is 91.6 Å². The molecule has 7 atom stereocenters. The molecule has 2 saturated carbocycles. The number of nitrogens with zero attached hydrogens (tertiary/aromatic N) is 1. The number of hydrogen-bond donors (Lipinski definition) is 0. The summed E-state index contributed by atoms with van der Waals surface area (Å²) in [7, 11) is 0. The Morgan fingerprint density at radius 1 is 1.05 bits per heavy atom. The average molecular weight is 598 g/mol. The van der Waals surface area contributed by atoms with Crippen molar-refractivity contribution in [2.24, 2.45) is 40.9 Å². The monoisotopic (exact) mass is 597 g/mol. The summed E-state index contributed by atoms with van der Waals surface area (Å²) in [5, 5.41) is 10.8. The zero-order valence-electron chi connectivity index (χ0n) is 27.2. The number of fused-ring (bicyclic) bond motifs is 3. The van der Waals surface area contributed by atoms with Gasteiger partial charge in [-0.3, -0.25) is 10.1 Å².